The Bertz CT molecular complexity index is 1700. The van der Waals surface area contributed by atoms with E-state index >= 15 is 0 Å². The minimum absolute atomic E-state index is 0.0343. The number of aromatic nitrogens is 4. The van der Waals surface area contributed by atoms with Crippen LogP contribution in [0.15, 0.2) is 12.7 Å². The molecule has 2 aromatic rings. The first-order valence-electron chi connectivity index (χ1n) is 15.7. The number of phosphoric ester groups is 3. The lowest BCUT2D eigenvalue weighted by atomic mass is 9.87. The third kappa shape index (κ3) is 13.8. The predicted molar refractivity (Wildman–Crippen MR) is 183 cm³/mol. The van der Waals surface area contributed by atoms with Crippen LogP contribution in [-0.2, 0) is 45.9 Å². The average Bonchev–Trinajstić information content (AvgIpc) is 3.62. The van der Waals surface area contributed by atoms with Gasteiger partial charge in [-0.2, -0.15) is 16.1 Å². The molecule has 1 aliphatic rings. The SMILES string of the molecule is CCC(O)CSCCNC(=O)CCNC(=O)C(O)C(C)(C)COP(=O)(O)OP(=O)(O)OC[C@H]1O[C@@H](n2cnc3c(N)ncnc32)[C@H](O)[C@@H]1OP(=O)(O)O. The number of fused-ring (bicyclic) bond motifs is 1. The molecule has 3 heterocycles. The molecule has 0 aromatic carbocycles. The summed E-state index contributed by atoms with van der Waals surface area (Å²) in [6.45, 7) is 2.57. The minimum Gasteiger partial charge on any atom is -0.392 e. The molecule has 0 radical (unpaired) electrons. The van der Waals surface area contributed by atoms with Crippen LogP contribution >= 0.6 is 35.2 Å². The Balaban J connectivity index is 1.51. The van der Waals surface area contributed by atoms with E-state index in [2.05, 4.69) is 34.4 Å². The van der Waals surface area contributed by atoms with Gasteiger partial charge in [0.25, 0.3) is 0 Å². The van der Waals surface area contributed by atoms with Crippen LogP contribution < -0.4 is 16.4 Å². The van der Waals surface area contributed by atoms with Gasteiger partial charge in [0, 0.05) is 36.4 Å². The number of carbonyl (C=O) groups excluding carboxylic acids is 2. The number of thioether (sulfide) groups is 1. The van der Waals surface area contributed by atoms with Crippen molar-refractivity contribution in [1.82, 2.24) is 30.2 Å². The number of carbonyl (C=O) groups is 2. The first-order chi connectivity index (χ1) is 24.6. The van der Waals surface area contributed by atoms with Gasteiger partial charge in [-0.15, -0.1) is 0 Å². The zero-order valence-corrected chi connectivity index (χ0v) is 32.1. The molecule has 11 N–H and O–H groups in total. The van der Waals surface area contributed by atoms with Crippen molar-refractivity contribution in [2.45, 2.75) is 70.4 Å². The van der Waals surface area contributed by atoms with E-state index in [9.17, 15) is 58.2 Å². The summed E-state index contributed by atoms with van der Waals surface area (Å²) < 4.78 is 62.0. The number of nitrogens with zero attached hydrogens (tertiary/aromatic N) is 4. The summed E-state index contributed by atoms with van der Waals surface area (Å²) in [6.07, 6.45) is -6.61. The molecular weight excluding hydrogens is 795 g/mol. The highest BCUT2D eigenvalue weighted by atomic mass is 32.2. The lowest BCUT2D eigenvalue weighted by Gasteiger charge is -2.30. The number of amides is 2. The number of ether oxygens (including phenoxy) is 1. The molecule has 8 atom stereocenters. The Morgan fingerprint density at radius 2 is 1.75 bits per heavy atom. The van der Waals surface area contributed by atoms with E-state index in [0.29, 0.717) is 24.5 Å². The van der Waals surface area contributed by atoms with Crippen LogP contribution in [0.1, 0.15) is 39.8 Å². The van der Waals surface area contributed by atoms with Gasteiger partial charge in [0.2, 0.25) is 11.8 Å². The number of aliphatic hydroxyl groups excluding tert-OH is 3. The molecule has 0 aliphatic carbocycles. The fourth-order valence-corrected chi connectivity index (χ4v) is 8.29. The number of phosphoric acid groups is 3. The zero-order valence-electron chi connectivity index (χ0n) is 28.6. The Kier molecular flexibility index (Phi) is 16.3. The second-order valence-corrected chi connectivity index (χ2v) is 17.6. The van der Waals surface area contributed by atoms with Crippen molar-refractivity contribution in [3.05, 3.63) is 12.7 Å². The molecule has 0 spiro atoms. The molecule has 4 unspecified atom stereocenters. The first kappa shape index (κ1) is 45.2. The van der Waals surface area contributed by atoms with E-state index in [1.165, 1.54) is 25.6 Å². The Hall–Kier alpha value is -2.15. The summed E-state index contributed by atoms with van der Waals surface area (Å²) in [6, 6.07) is 0. The number of anilines is 1. The second kappa shape index (κ2) is 19.1. The van der Waals surface area contributed by atoms with E-state index in [1.807, 2.05) is 6.92 Å². The Labute approximate surface area is 306 Å². The van der Waals surface area contributed by atoms with E-state index in [-0.39, 0.29) is 35.9 Å². The van der Waals surface area contributed by atoms with E-state index in [4.69, 9.17) is 19.5 Å². The monoisotopic (exact) mass is 839 g/mol. The van der Waals surface area contributed by atoms with Gasteiger partial charge in [-0.3, -0.25) is 27.7 Å². The molecule has 24 nitrogen and oxygen atoms in total. The van der Waals surface area contributed by atoms with Crippen LogP contribution in [0.2, 0.25) is 0 Å². The molecular formula is C25H44N7O17P3S. The van der Waals surface area contributed by atoms with Crippen molar-refractivity contribution < 1.29 is 80.8 Å². The fraction of sp³-hybridized carbons (Fsp3) is 0.720. The van der Waals surface area contributed by atoms with Crippen molar-refractivity contribution in [2.24, 2.45) is 5.41 Å². The molecule has 1 fully saturated rings. The standard InChI is InChI=1S/C25H44N7O17P3S/c1-4-14(33)10-53-8-7-27-16(34)5-6-28-23(37)20(36)25(2,3)11-46-52(43,44)49-51(41,42)45-9-15-19(48-50(38,39)40)18(35)24(47-15)32-13-31-17-21(26)29-12-30-22(17)32/h12-15,18-20,24,33,35-36H,4-11H2,1-3H3,(H,27,34)(H,28,37)(H,41,42)(H,43,44)(H2,26,29,30)(H2,38,39,40)/t14?,15-,18-,19-,20?,24-/m1/s1. The largest absolute Gasteiger partial charge is 0.481 e. The van der Waals surface area contributed by atoms with Crippen molar-refractivity contribution in [1.29, 1.82) is 0 Å². The Morgan fingerprint density at radius 3 is 2.42 bits per heavy atom. The Morgan fingerprint density at radius 1 is 1.08 bits per heavy atom. The van der Waals surface area contributed by atoms with E-state index in [0.717, 1.165) is 17.2 Å². The number of imidazole rings is 1. The summed E-state index contributed by atoms with van der Waals surface area (Å²) >= 11 is 1.47. The van der Waals surface area contributed by atoms with Gasteiger partial charge in [-0.05, 0) is 6.42 Å². The maximum atomic E-state index is 12.6. The van der Waals surface area contributed by atoms with Gasteiger partial charge in [0.05, 0.1) is 25.6 Å². The molecule has 2 amide bonds. The van der Waals surface area contributed by atoms with Gasteiger partial charge >= 0.3 is 23.5 Å². The smallest absolute Gasteiger partial charge is 0.392 e. The molecule has 1 saturated heterocycles. The molecule has 0 bridgehead atoms. The summed E-state index contributed by atoms with van der Waals surface area (Å²) in [5.41, 5.74) is 4.28. The van der Waals surface area contributed by atoms with Crippen LogP contribution in [0, 0.1) is 5.41 Å². The minimum atomic E-state index is -5.55. The topological polar surface area (TPSA) is 367 Å². The van der Waals surface area contributed by atoms with E-state index in [1.54, 1.807) is 0 Å². The summed E-state index contributed by atoms with van der Waals surface area (Å²) in [4.78, 5) is 75.3. The molecule has 2 aromatic heterocycles. The van der Waals surface area contributed by atoms with Gasteiger partial charge in [0.1, 0.15) is 36.3 Å². The quantitative estimate of drug-likeness (QED) is 0.0497. The van der Waals surface area contributed by atoms with E-state index < -0.39 is 84.8 Å². The number of hydrogen-bond donors (Lipinski definition) is 10. The first-order valence-corrected chi connectivity index (χ1v) is 21.4. The highest BCUT2D eigenvalue weighted by Crippen LogP contribution is 2.61. The molecule has 0 saturated carbocycles. The van der Waals surface area contributed by atoms with Gasteiger partial charge in [-0.1, -0.05) is 20.8 Å². The van der Waals surface area contributed by atoms with Gasteiger partial charge in [-0.25, -0.2) is 28.6 Å². The number of aliphatic hydroxyl groups is 3. The van der Waals surface area contributed by atoms with Crippen molar-refractivity contribution in [3.8, 4) is 0 Å². The number of rotatable bonds is 22. The molecule has 3 rings (SSSR count). The van der Waals surface area contributed by atoms with Crippen molar-refractivity contribution in [3.63, 3.8) is 0 Å². The lowest BCUT2D eigenvalue weighted by molar-refractivity contribution is -0.137. The third-order valence-corrected chi connectivity index (χ3v) is 11.6. The third-order valence-electron chi connectivity index (χ3n) is 7.43. The highest BCUT2D eigenvalue weighted by molar-refractivity contribution is 7.99. The number of hydrogen-bond acceptors (Lipinski definition) is 18. The lowest BCUT2D eigenvalue weighted by Crippen LogP contribution is -2.46. The normalized spacial score (nSPS) is 22.9. The number of nitrogens with two attached hydrogens (primary N) is 1. The highest BCUT2D eigenvalue weighted by Gasteiger charge is 2.50. The van der Waals surface area contributed by atoms with Crippen LogP contribution in [0.25, 0.3) is 11.2 Å². The van der Waals surface area contributed by atoms with Crippen LogP contribution in [-0.4, -0.2) is 135 Å². The fourth-order valence-electron chi connectivity index (χ4n) is 4.54. The summed E-state index contributed by atoms with van der Waals surface area (Å²) in [5, 5.41) is 35.9. The number of nitrogen functional groups attached to an aromatic ring is 1. The maximum absolute atomic E-state index is 12.6. The van der Waals surface area contributed by atoms with Crippen molar-refractivity contribution in [2.75, 3.05) is 43.5 Å². The summed E-state index contributed by atoms with van der Waals surface area (Å²) in [7, 11) is -16.3. The molecule has 28 heteroatoms. The molecule has 53 heavy (non-hydrogen) atoms. The summed E-state index contributed by atoms with van der Waals surface area (Å²) in [5.74, 6) is -0.259. The second-order valence-electron chi connectivity index (χ2n) is 12.2. The maximum Gasteiger partial charge on any atom is 0.481 e. The van der Waals surface area contributed by atoms with Crippen LogP contribution in [0.4, 0.5) is 5.82 Å². The van der Waals surface area contributed by atoms with Gasteiger partial charge in [0.15, 0.2) is 17.7 Å². The molecule has 1 aliphatic heterocycles. The molecule has 302 valence electrons. The number of nitrogens with one attached hydrogen (secondary N) is 2. The zero-order chi connectivity index (χ0) is 39.8. The van der Waals surface area contributed by atoms with Crippen LogP contribution in [0.3, 0.4) is 0 Å². The predicted octanol–water partition coefficient (Wildman–Crippen LogP) is -1.09. The van der Waals surface area contributed by atoms with Crippen molar-refractivity contribution >= 4 is 64.0 Å². The van der Waals surface area contributed by atoms with Gasteiger partial charge < -0.3 is 56.0 Å². The van der Waals surface area contributed by atoms with Crippen LogP contribution in [0.5, 0.6) is 0 Å². The average molecular weight is 840 g/mol.